The van der Waals surface area contributed by atoms with Gasteiger partial charge in [0, 0.05) is 24.7 Å². The molecule has 0 spiro atoms. The molecule has 24 heavy (non-hydrogen) atoms. The molecule has 0 amide bonds. The molecule has 0 unspecified atom stereocenters. The van der Waals surface area contributed by atoms with E-state index in [1.807, 2.05) is 44.2 Å². The van der Waals surface area contributed by atoms with Gasteiger partial charge in [0.25, 0.3) is 0 Å². The molecule has 4 nitrogen and oxygen atoms in total. The normalized spacial score (nSPS) is 11.6. The van der Waals surface area contributed by atoms with Crippen molar-refractivity contribution in [1.82, 2.24) is 4.98 Å². The molecule has 0 radical (unpaired) electrons. The lowest BCUT2D eigenvalue weighted by Gasteiger charge is -2.25. The van der Waals surface area contributed by atoms with Gasteiger partial charge in [-0.2, -0.15) is 0 Å². The van der Waals surface area contributed by atoms with Crippen molar-refractivity contribution >= 4 is 26.4 Å². The van der Waals surface area contributed by atoms with Gasteiger partial charge in [0.2, 0.25) is 9.84 Å². The van der Waals surface area contributed by atoms with Crippen LogP contribution in [0.25, 0.3) is 10.9 Å². The highest BCUT2D eigenvalue weighted by molar-refractivity contribution is 7.91. The van der Waals surface area contributed by atoms with E-state index in [2.05, 4.69) is 9.88 Å². The number of hydrogen-bond acceptors (Lipinski definition) is 4. The van der Waals surface area contributed by atoms with Crippen LogP contribution in [0.3, 0.4) is 0 Å². The molecular weight excluding hydrogens is 320 g/mol. The van der Waals surface area contributed by atoms with Gasteiger partial charge in [0.15, 0.2) is 0 Å². The molecule has 0 fully saturated rings. The van der Waals surface area contributed by atoms with Crippen LogP contribution in [0.1, 0.15) is 13.8 Å². The van der Waals surface area contributed by atoms with E-state index in [-0.39, 0.29) is 9.79 Å². The van der Waals surface area contributed by atoms with Gasteiger partial charge < -0.3 is 4.90 Å². The Labute approximate surface area is 142 Å². The fourth-order valence-electron chi connectivity index (χ4n) is 2.90. The van der Waals surface area contributed by atoms with Crippen LogP contribution in [-0.4, -0.2) is 26.5 Å². The lowest BCUT2D eigenvalue weighted by atomic mass is 10.1. The van der Waals surface area contributed by atoms with Gasteiger partial charge in [-0.25, -0.2) is 8.42 Å². The van der Waals surface area contributed by atoms with Crippen LogP contribution in [0.2, 0.25) is 0 Å². The zero-order chi connectivity index (χ0) is 17.2. The SMILES string of the molecule is CCN(CC)c1c(S(=O)(=O)c2ccccc2)cnc2ccccc12. The summed E-state index contributed by atoms with van der Waals surface area (Å²) in [5.41, 5.74) is 1.53. The second kappa shape index (κ2) is 6.61. The van der Waals surface area contributed by atoms with Gasteiger partial charge in [-0.1, -0.05) is 36.4 Å². The number of benzene rings is 2. The maximum Gasteiger partial charge on any atom is 0.210 e. The molecule has 0 saturated heterocycles. The van der Waals surface area contributed by atoms with Gasteiger partial charge in [-0.3, -0.25) is 4.98 Å². The van der Waals surface area contributed by atoms with E-state index in [0.717, 1.165) is 29.7 Å². The first-order chi connectivity index (χ1) is 11.6. The van der Waals surface area contributed by atoms with E-state index in [9.17, 15) is 8.42 Å². The highest BCUT2D eigenvalue weighted by Gasteiger charge is 2.25. The molecule has 124 valence electrons. The van der Waals surface area contributed by atoms with Crippen molar-refractivity contribution in [1.29, 1.82) is 0 Å². The van der Waals surface area contributed by atoms with Crippen LogP contribution in [-0.2, 0) is 9.84 Å². The Hall–Kier alpha value is -2.40. The van der Waals surface area contributed by atoms with Crippen molar-refractivity contribution in [3.05, 3.63) is 60.8 Å². The number of fused-ring (bicyclic) bond motifs is 1. The third-order valence-corrected chi connectivity index (χ3v) is 5.91. The average molecular weight is 340 g/mol. The van der Waals surface area contributed by atoms with E-state index in [4.69, 9.17) is 0 Å². The summed E-state index contributed by atoms with van der Waals surface area (Å²) in [6.45, 7) is 5.50. The van der Waals surface area contributed by atoms with E-state index in [1.54, 1.807) is 24.3 Å². The third kappa shape index (κ3) is 2.76. The summed E-state index contributed by atoms with van der Waals surface area (Å²) in [6, 6.07) is 16.2. The van der Waals surface area contributed by atoms with Crippen molar-refractivity contribution in [2.75, 3.05) is 18.0 Å². The maximum atomic E-state index is 13.2. The fraction of sp³-hybridized carbons (Fsp3) is 0.211. The van der Waals surface area contributed by atoms with Crippen LogP contribution in [0.15, 0.2) is 70.6 Å². The molecule has 0 aliphatic heterocycles. The van der Waals surface area contributed by atoms with Crippen molar-refractivity contribution in [3.8, 4) is 0 Å². The summed E-state index contributed by atoms with van der Waals surface area (Å²) in [7, 11) is -3.63. The number of hydrogen-bond donors (Lipinski definition) is 0. The van der Waals surface area contributed by atoms with Crippen molar-refractivity contribution in [2.45, 2.75) is 23.6 Å². The standard InChI is InChI=1S/C19H20N2O2S/c1-3-21(4-2)19-16-12-8-9-13-17(16)20-14-18(19)24(22,23)15-10-6-5-7-11-15/h5-14H,3-4H2,1-2H3. The number of sulfone groups is 1. The number of pyridine rings is 1. The Balaban J connectivity index is 2.34. The Morgan fingerprint density at radius 2 is 1.54 bits per heavy atom. The monoisotopic (exact) mass is 340 g/mol. The van der Waals surface area contributed by atoms with Crippen molar-refractivity contribution in [3.63, 3.8) is 0 Å². The molecule has 3 rings (SSSR count). The number of anilines is 1. The molecule has 0 saturated carbocycles. The van der Waals surface area contributed by atoms with Crippen molar-refractivity contribution < 1.29 is 8.42 Å². The van der Waals surface area contributed by atoms with E-state index < -0.39 is 9.84 Å². The second-order valence-corrected chi connectivity index (χ2v) is 7.40. The summed E-state index contributed by atoms with van der Waals surface area (Å²) >= 11 is 0. The van der Waals surface area contributed by atoms with Crippen molar-refractivity contribution in [2.24, 2.45) is 0 Å². The third-order valence-electron chi connectivity index (χ3n) is 4.14. The molecule has 1 heterocycles. The minimum Gasteiger partial charge on any atom is -0.370 e. The van der Waals surface area contributed by atoms with Crippen LogP contribution in [0.5, 0.6) is 0 Å². The van der Waals surface area contributed by atoms with Crippen LogP contribution in [0.4, 0.5) is 5.69 Å². The molecule has 5 heteroatoms. The summed E-state index contributed by atoms with van der Waals surface area (Å²) in [5.74, 6) is 0. The Bertz CT molecular complexity index is 950. The first-order valence-electron chi connectivity index (χ1n) is 8.02. The fourth-order valence-corrected chi connectivity index (χ4v) is 4.35. The van der Waals surface area contributed by atoms with E-state index in [0.29, 0.717) is 0 Å². The Morgan fingerprint density at radius 3 is 2.21 bits per heavy atom. The zero-order valence-corrected chi connectivity index (χ0v) is 14.6. The quantitative estimate of drug-likeness (QED) is 0.706. The minimum atomic E-state index is -3.63. The Morgan fingerprint density at radius 1 is 0.917 bits per heavy atom. The molecule has 1 aromatic heterocycles. The summed E-state index contributed by atoms with van der Waals surface area (Å²) in [4.78, 5) is 7.00. The predicted octanol–water partition coefficient (Wildman–Crippen LogP) is 3.91. The average Bonchev–Trinajstić information content (AvgIpc) is 2.63. The lowest BCUT2D eigenvalue weighted by molar-refractivity contribution is 0.595. The predicted molar refractivity (Wildman–Crippen MR) is 97.2 cm³/mol. The summed E-state index contributed by atoms with van der Waals surface area (Å²) < 4.78 is 26.3. The van der Waals surface area contributed by atoms with Crippen LogP contribution in [0, 0.1) is 0 Å². The van der Waals surface area contributed by atoms with E-state index in [1.165, 1.54) is 6.20 Å². The molecule has 2 aromatic carbocycles. The molecule has 0 atom stereocenters. The highest BCUT2D eigenvalue weighted by atomic mass is 32.2. The van der Waals surface area contributed by atoms with E-state index >= 15 is 0 Å². The minimum absolute atomic E-state index is 0.260. The van der Waals surface area contributed by atoms with Gasteiger partial charge >= 0.3 is 0 Å². The molecule has 3 aromatic rings. The van der Waals surface area contributed by atoms with Crippen LogP contribution < -0.4 is 4.90 Å². The smallest absolute Gasteiger partial charge is 0.210 e. The first-order valence-corrected chi connectivity index (χ1v) is 9.50. The van der Waals surface area contributed by atoms with Gasteiger partial charge in [-0.05, 0) is 32.0 Å². The first kappa shape index (κ1) is 16.5. The zero-order valence-electron chi connectivity index (χ0n) is 13.8. The lowest BCUT2D eigenvalue weighted by Crippen LogP contribution is -2.24. The summed E-state index contributed by atoms with van der Waals surface area (Å²) in [6.07, 6.45) is 1.48. The molecule has 0 aliphatic rings. The second-order valence-electron chi connectivity index (χ2n) is 5.48. The highest BCUT2D eigenvalue weighted by Crippen LogP contribution is 2.35. The maximum absolute atomic E-state index is 13.2. The van der Waals surface area contributed by atoms with Gasteiger partial charge in [-0.15, -0.1) is 0 Å². The number of para-hydroxylation sites is 1. The number of nitrogens with zero attached hydrogens (tertiary/aromatic N) is 2. The molecule has 0 N–H and O–H groups in total. The number of aromatic nitrogens is 1. The van der Waals surface area contributed by atoms with Gasteiger partial charge in [0.1, 0.15) is 4.90 Å². The topological polar surface area (TPSA) is 50.3 Å². The summed E-state index contributed by atoms with van der Waals surface area (Å²) in [5, 5.41) is 0.859. The molecular formula is C19H20N2O2S. The van der Waals surface area contributed by atoms with Crippen LogP contribution >= 0.6 is 0 Å². The number of rotatable bonds is 5. The Kier molecular flexibility index (Phi) is 4.53. The largest absolute Gasteiger partial charge is 0.370 e. The molecule has 0 aliphatic carbocycles. The molecule has 0 bridgehead atoms. The van der Waals surface area contributed by atoms with Gasteiger partial charge in [0.05, 0.1) is 16.1 Å².